The Balaban J connectivity index is 1.43. The molecular formula is C21H21F2N5O3. The predicted molar refractivity (Wildman–Crippen MR) is 105 cm³/mol. The van der Waals surface area contributed by atoms with Crippen molar-refractivity contribution in [2.75, 3.05) is 6.54 Å². The first-order valence-electron chi connectivity index (χ1n) is 9.77. The van der Waals surface area contributed by atoms with E-state index >= 15 is 0 Å². The van der Waals surface area contributed by atoms with Crippen molar-refractivity contribution < 1.29 is 22.8 Å². The van der Waals surface area contributed by atoms with Gasteiger partial charge in [0.1, 0.15) is 5.76 Å². The lowest BCUT2D eigenvalue weighted by Crippen LogP contribution is -2.39. The molecule has 1 atom stereocenters. The molecule has 3 heterocycles. The second-order valence-electron chi connectivity index (χ2n) is 7.53. The first-order valence-corrected chi connectivity index (χ1v) is 9.77. The van der Waals surface area contributed by atoms with Crippen LogP contribution < -0.4 is 5.32 Å². The number of amides is 2. The molecule has 1 aliphatic heterocycles. The maximum Gasteiger partial charge on any atom is 0.273 e. The van der Waals surface area contributed by atoms with Crippen LogP contribution in [-0.2, 0) is 13.1 Å². The van der Waals surface area contributed by atoms with Gasteiger partial charge < -0.3 is 14.6 Å². The third-order valence-electron chi connectivity index (χ3n) is 5.19. The summed E-state index contributed by atoms with van der Waals surface area (Å²) in [5, 5.41) is 10.5. The second-order valence-corrected chi connectivity index (χ2v) is 7.53. The van der Waals surface area contributed by atoms with Gasteiger partial charge >= 0.3 is 0 Å². The molecule has 4 rings (SSSR count). The Morgan fingerprint density at radius 2 is 2.03 bits per heavy atom. The van der Waals surface area contributed by atoms with Crippen LogP contribution in [0.5, 0.6) is 0 Å². The van der Waals surface area contributed by atoms with E-state index in [1.54, 1.807) is 6.92 Å². The molecule has 162 valence electrons. The second kappa shape index (κ2) is 8.29. The fourth-order valence-electron chi connectivity index (χ4n) is 3.64. The van der Waals surface area contributed by atoms with Gasteiger partial charge in [-0.15, -0.1) is 5.10 Å². The Bertz CT molecular complexity index is 1080. The number of nitrogens with zero attached hydrogens (tertiary/aromatic N) is 4. The van der Waals surface area contributed by atoms with E-state index in [0.29, 0.717) is 12.3 Å². The molecule has 1 fully saturated rings. The molecule has 1 aliphatic rings. The molecule has 0 bridgehead atoms. The third kappa shape index (κ3) is 4.62. The van der Waals surface area contributed by atoms with E-state index in [4.69, 9.17) is 4.42 Å². The number of alkyl halides is 2. The minimum Gasteiger partial charge on any atom is -0.469 e. The Morgan fingerprint density at radius 3 is 2.74 bits per heavy atom. The smallest absolute Gasteiger partial charge is 0.273 e. The van der Waals surface area contributed by atoms with Gasteiger partial charge in [0.05, 0.1) is 37.2 Å². The summed E-state index contributed by atoms with van der Waals surface area (Å²) in [6.45, 7) is 1.25. The summed E-state index contributed by atoms with van der Waals surface area (Å²) in [6.07, 6.45) is 2.25. The summed E-state index contributed by atoms with van der Waals surface area (Å²) in [5.74, 6) is -3.57. The van der Waals surface area contributed by atoms with Gasteiger partial charge in [-0.25, -0.2) is 13.5 Å². The van der Waals surface area contributed by atoms with Crippen LogP contribution in [0.1, 0.15) is 38.6 Å². The fourth-order valence-corrected chi connectivity index (χ4v) is 3.64. The molecule has 0 unspecified atom stereocenters. The van der Waals surface area contributed by atoms with Gasteiger partial charge in [-0.05, 0) is 18.6 Å². The molecule has 8 nitrogen and oxygen atoms in total. The number of rotatable bonds is 6. The zero-order valence-corrected chi connectivity index (χ0v) is 16.8. The van der Waals surface area contributed by atoms with Crippen molar-refractivity contribution in [3.63, 3.8) is 0 Å². The minimum atomic E-state index is -3.01. The highest BCUT2D eigenvalue weighted by molar-refractivity contribution is 5.95. The quantitative estimate of drug-likeness (QED) is 0.650. The Kier molecular flexibility index (Phi) is 5.53. The van der Waals surface area contributed by atoms with E-state index in [1.807, 2.05) is 30.3 Å². The van der Waals surface area contributed by atoms with Gasteiger partial charge in [-0.2, -0.15) is 0 Å². The fraction of sp³-hybridized carbons (Fsp3) is 0.333. The van der Waals surface area contributed by atoms with Gasteiger partial charge in [0.15, 0.2) is 5.69 Å². The highest BCUT2D eigenvalue weighted by Gasteiger charge is 2.47. The van der Waals surface area contributed by atoms with Gasteiger partial charge in [0, 0.05) is 13.0 Å². The lowest BCUT2D eigenvalue weighted by molar-refractivity contribution is 0.0117. The van der Waals surface area contributed by atoms with E-state index in [-0.39, 0.29) is 17.8 Å². The molecule has 1 aromatic carbocycles. The summed E-state index contributed by atoms with van der Waals surface area (Å²) >= 11 is 0. The number of nitrogens with one attached hydrogen (secondary N) is 1. The van der Waals surface area contributed by atoms with Crippen LogP contribution in [-0.4, -0.2) is 50.2 Å². The number of carbonyl (C=O) groups excluding carboxylic acids is 2. The topological polar surface area (TPSA) is 93.3 Å². The van der Waals surface area contributed by atoms with Crippen molar-refractivity contribution in [1.29, 1.82) is 0 Å². The summed E-state index contributed by atoms with van der Waals surface area (Å²) < 4.78 is 34.7. The van der Waals surface area contributed by atoms with Crippen molar-refractivity contribution in [1.82, 2.24) is 25.2 Å². The number of hydrogen-bond donors (Lipinski definition) is 1. The van der Waals surface area contributed by atoms with Crippen molar-refractivity contribution in [2.24, 2.45) is 0 Å². The molecule has 3 aromatic rings. The molecule has 2 amide bonds. The number of halogens is 2. The van der Waals surface area contributed by atoms with E-state index in [2.05, 4.69) is 15.6 Å². The van der Waals surface area contributed by atoms with Gasteiger partial charge in [0.25, 0.3) is 17.7 Å². The maximum absolute atomic E-state index is 14.1. The summed E-state index contributed by atoms with van der Waals surface area (Å²) in [7, 11) is 0. The molecule has 1 saturated heterocycles. The number of carbonyl (C=O) groups is 2. The zero-order valence-electron chi connectivity index (χ0n) is 16.8. The Hall–Kier alpha value is -3.56. The molecule has 31 heavy (non-hydrogen) atoms. The van der Waals surface area contributed by atoms with Crippen LogP contribution in [0.15, 0.2) is 53.3 Å². The number of furan rings is 1. The van der Waals surface area contributed by atoms with Gasteiger partial charge in [0.2, 0.25) is 0 Å². The monoisotopic (exact) mass is 429 g/mol. The van der Waals surface area contributed by atoms with E-state index < -0.39 is 36.7 Å². The van der Waals surface area contributed by atoms with E-state index in [9.17, 15) is 18.4 Å². The highest BCUT2D eigenvalue weighted by atomic mass is 19.3. The largest absolute Gasteiger partial charge is 0.469 e. The normalized spacial score (nSPS) is 17.6. The average Bonchev–Trinajstić information content (AvgIpc) is 3.45. The number of hydrogen-bond acceptors (Lipinski definition) is 5. The molecule has 0 spiro atoms. The van der Waals surface area contributed by atoms with E-state index in [0.717, 1.165) is 10.5 Å². The molecule has 0 radical (unpaired) electrons. The Morgan fingerprint density at radius 1 is 1.26 bits per heavy atom. The molecular weight excluding hydrogens is 408 g/mol. The lowest BCUT2D eigenvalue weighted by atomic mass is 10.1. The molecule has 10 heteroatoms. The van der Waals surface area contributed by atoms with Crippen LogP contribution in [0.2, 0.25) is 0 Å². The average molecular weight is 429 g/mol. The molecule has 0 aliphatic carbocycles. The minimum absolute atomic E-state index is 0.00278. The zero-order chi connectivity index (χ0) is 22.0. The van der Waals surface area contributed by atoms with E-state index in [1.165, 1.54) is 23.2 Å². The Labute approximate surface area is 176 Å². The SMILES string of the molecule is Cc1occc1C(=O)N1CC(F)(F)C[C@H]1Cn1cc(C(=O)NCc2ccccc2)nn1. The number of likely N-dealkylation sites (tertiary alicyclic amines) is 1. The van der Waals surface area contributed by atoms with Crippen molar-refractivity contribution in [2.45, 2.75) is 38.4 Å². The number of aromatic nitrogens is 3. The predicted octanol–water partition coefficient (Wildman–Crippen LogP) is 2.66. The van der Waals surface area contributed by atoms with Crippen LogP contribution in [0, 0.1) is 6.92 Å². The third-order valence-corrected chi connectivity index (χ3v) is 5.19. The molecule has 2 aromatic heterocycles. The van der Waals surface area contributed by atoms with Crippen molar-refractivity contribution in [3.05, 3.63) is 71.4 Å². The van der Waals surface area contributed by atoms with Crippen LogP contribution in [0.3, 0.4) is 0 Å². The van der Waals surface area contributed by atoms with Gasteiger partial charge in [-0.1, -0.05) is 35.5 Å². The summed E-state index contributed by atoms with van der Waals surface area (Å²) in [6, 6.07) is 10.1. The van der Waals surface area contributed by atoms with Crippen LogP contribution in [0.4, 0.5) is 8.78 Å². The van der Waals surface area contributed by atoms with Gasteiger partial charge in [-0.3, -0.25) is 9.59 Å². The van der Waals surface area contributed by atoms with Crippen molar-refractivity contribution >= 4 is 11.8 Å². The lowest BCUT2D eigenvalue weighted by Gasteiger charge is -2.23. The molecule has 1 N–H and O–H groups in total. The maximum atomic E-state index is 14.1. The molecule has 0 saturated carbocycles. The highest BCUT2D eigenvalue weighted by Crippen LogP contribution is 2.34. The first-order chi connectivity index (χ1) is 14.8. The number of benzene rings is 1. The standard InChI is InChI=1S/C21H21F2N5O3/c1-14-17(7-8-31-14)20(30)28-13-21(22,23)9-16(28)11-27-12-18(25-26-27)19(29)24-10-15-5-3-2-4-6-15/h2-8,12,16H,9-11,13H2,1H3,(H,24,29)/t16-/m0/s1. The summed E-state index contributed by atoms with van der Waals surface area (Å²) in [5.41, 5.74) is 1.26. The van der Waals surface area contributed by atoms with Crippen molar-refractivity contribution in [3.8, 4) is 0 Å². The first kappa shape index (κ1) is 20.7. The summed E-state index contributed by atoms with van der Waals surface area (Å²) in [4.78, 5) is 26.2. The number of aryl methyl sites for hydroxylation is 1. The van der Waals surface area contributed by atoms with Crippen LogP contribution >= 0.6 is 0 Å². The van der Waals surface area contributed by atoms with Crippen LogP contribution in [0.25, 0.3) is 0 Å².